The van der Waals surface area contributed by atoms with E-state index in [1.807, 2.05) is 16.7 Å². The van der Waals surface area contributed by atoms with Gasteiger partial charge in [0.2, 0.25) is 5.91 Å². The Balaban J connectivity index is 1.69. The van der Waals surface area contributed by atoms with Crippen LogP contribution in [0.4, 0.5) is 0 Å². The van der Waals surface area contributed by atoms with Crippen LogP contribution in [0.2, 0.25) is 5.02 Å². The highest BCUT2D eigenvalue weighted by Gasteiger charge is 2.38. The quantitative estimate of drug-likeness (QED) is 0.923. The first-order chi connectivity index (χ1) is 8.63. The van der Waals surface area contributed by atoms with Gasteiger partial charge in [-0.15, -0.1) is 0 Å². The number of hydrogen-bond donors (Lipinski definition) is 1. The summed E-state index contributed by atoms with van der Waals surface area (Å²) in [5.74, 6) is 0.874. The molecule has 0 aliphatic heterocycles. The summed E-state index contributed by atoms with van der Waals surface area (Å²) in [6.45, 7) is 2.57. The van der Waals surface area contributed by atoms with Crippen molar-refractivity contribution in [3.8, 4) is 0 Å². The molecule has 94 valence electrons. The molecule has 0 bridgehead atoms. The summed E-state index contributed by atoms with van der Waals surface area (Å²) in [7, 11) is 0. The molecule has 18 heavy (non-hydrogen) atoms. The summed E-state index contributed by atoms with van der Waals surface area (Å²) >= 11 is 5.90. The molecule has 2 heterocycles. The third-order valence-electron chi connectivity index (χ3n) is 3.35. The Kier molecular flexibility index (Phi) is 2.74. The van der Waals surface area contributed by atoms with E-state index in [1.165, 1.54) is 0 Å². The summed E-state index contributed by atoms with van der Waals surface area (Å²) in [6, 6.07) is 3.66. The zero-order valence-electron chi connectivity index (χ0n) is 10.1. The minimum absolute atomic E-state index is 0.137. The summed E-state index contributed by atoms with van der Waals surface area (Å²) in [6.07, 6.45) is 4.70. The van der Waals surface area contributed by atoms with Gasteiger partial charge in [0, 0.05) is 18.3 Å². The van der Waals surface area contributed by atoms with Crippen molar-refractivity contribution in [1.82, 2.24) is 14.7 Å². The maximum atomic E-state index is 11.7. The molecular formula is C13H14ClN3O. The predicted octanol–water partition coefficient (Wildman–Crippen LogP) is 2.26. The topological polar surface area (TPSA) is 46.4 Å². The fraction of sp³-hybridized carbons (Fsp3) is 0.385. The number of imidazole rings is 1. The third kappa shape index (κ3) is 2.20. The molecule has 2 atom stereocenters. The molecule has 0 unspecified atom stereocenters. The zero-order valence-corrected chi connectivity index (χ0v) is 10.8. The number of rotatable bonds is 3. The molecule has 0 radical (unpaired) electrons. The molecular weight excluding hydrogens is 250 g/mol. The average Bonchev–Trinajstić information content (AvgIpc) is 2.92. The van der Waals surface area contributed by atoms with Crippen LogP contribution in [0.1, 0.15) is 19.0 Å². The second-order valence-electron chi connectivity index (χ2n) is 4.88. The Hall–Kier alpha value is -1.55. The lowest BCUT2D eigenvalue weighted by molar-refractivity contribution is -0.122. The molecule has 1 aliphatic rings. The van der Waals surface area contributed by atoms with Crippen LogP contribution in [0, 0.1) is 11.8 Å². The second-order valence-corrected chi connectivity index (χ2v) is 5.32. The first kappa shape index (κ1) is 11.5. The van der Waals surface area contributed by atoms with Gasteiger partial charge in [-0.1, -0.05) is 18.5 Å². The van der Waals surface area contributed by atoms with Crippen molar-refractivity contribution in [2.24, 2.45) is 11.8 Å². The van der Waals surface area contributed by atoms with Crippen molar-refractivity contribution in [3.63, 3.8) is 0 Å². The van der Waals surface area contributed by atoms with Gasteiger partial charge in [-0.3, -0.25) is 4.79 Å². The highest BCUT2D eigenvalue weighted by molar-refractivity contribution is 6.30. The lowest BCUT2D eigenvalue weighted by Crippen LogP contribution is -2.24. The first-order valence-electron chi connectivity index (χ1n) is 6.04. The number of carbonyl (C=O) groups excluding carboxylic acids is 1. The van der Waals surface area contributed by atoms with Crippen LogP contribution in [0.25, 0.3) is 5.65 Å². The van der Waals surface area contributed by atoms with Crippen LogP contribution in [-0.2, 0) is 11.3 Å². The van der Waals surface area contributed by atoms with E-state index in [4.69, 9.17) is 11.6 Å². The average molecular weight is 264 g/mol. The Morgan fingerprint density at radius 1 is 1.56 bits per heavy atom. The molecule has 1 saturated carbocycles. The van der Waals surface area contributed by atoms with Gasteiger partial charge in [0.25, 0.3) is 0 Å². The molecule has 0 saturated heterocycles. The lowest BCUT2D eigenvalue weighted by Gasteiger charge is -2.00. The fourth-order valence-electron chi connectivity index (χ4n) is 2.10. The zero-order chi connectivity index (χ0) is 12.7. The Labute approximate surface area is 110 Å². The van der Waals surface area contributed by atoms with Crippen molar-refractivity contribution < 1.29 is 4.79 Å². The van der Waals surface area contributed by atoms with Crippen LogP contribution in [0.15, 0.2) is 24.5 Å². The second kappa shape index (κ2) is 4.28. The normalized spacial score (nSPS) is 22.1. The molecule has 5 heteroatoms. The van der Waals surface area contributed by atoms with Crippen LogP contribution in [-0.4, -0.2) is 15.3 Å². The molecule has 0 aromatic carbocycles. The number of aromatic nitrogens is 2. The van der Waals surface area contributed by atoms with Gasteiger partial charge in [0.15, 0.2) is 0 Å². The maximum Gasteiger partial charge on any atom is 0.223 e. The van der Waals surface area contributed by atoms with E-state index in [0.717, 1.165) is 17.8 Å². The minimum atomic E-state index is 0.137. The number of amides is 1. The number of nitrogens with zero attached hydrogens (tertiary/aromatic N) is 2. The number of pyridine rings is 1. The number of hydrogen-bond acceptors (Lipinski definition) is 2. The summed E-state index contributed by atoms with van der Waals surface area (Å²) in [5, 5.41) is 3.59. The summed E-state index contributed by atoms with van der Waals surface area (Å²) in [5.41, 5.74) is 1.68. The highest BCUT2D eigenvalue weighted by atomic mass is 35.5. The molecule has 3 rings (SSSR count). The minimum Gasteiger partial charge on any atom is -0.350 e. The van der Waals surface area contributed by atoms with Crippen molar-refractivity contribution in [1.29, 1.82) is 0 Å². The molecule has 1 amide bonds. The molecule has 2 aromatic heterocycles. The summed E-state index contributed by atoms with van der Waals surface area (Å²) < 4.78 is 1.86. The third-order valence-corrected chi connectivity index (χ3v) is 3.58. The predicted molar refractivity (Wildman–Crippen MR) is 69.3 cm³/mol. The summed E-state index contributed by atoms with van der Waals surface area (Å²) in [4.78, 5) is 16.1. The smallest absolute Gasteiger partial charge is 0.223 e. The van der Waals surface area contributed by atoms with Crippen molar-refractivity contribution in [2.75, 3.05) is 0 Å². The van der Waals surface area contributed by atoms with Crippen LogP contribution < -0.4 is 5.32 Å². The molecule has 0 spiro atoms. The Morgan fingerprint density at radius 3 is 3.06 bits per heavy atom. The van der Waals surface area contributed by atoms with Crippen LogP contribution >= 0.6 is 11.6 Å². The van der Waals surface area contributed by atoms with E-state index >= 15 is 0 Å². The molecule has 1 aliphatic carbocycles. The number of fused-ring (bicyclic) bond motifs is 1. The van der Waals surface area contributed by atoms with Gasteiger partial charge in [-0.2, -0.15) is 0 Å². The first-order valence-corrected chi connectivity index (χ1v) is 6.42. The SMILES string of the molecule is C[C@H]1C[C@H]1C(=O)NCc1cn2cc(Cl)ccc2n1. The van der Waals surface area contributed by atoms with E-state index in [1.54, 1.807) is 12.3 Å². The van der Waals surface area contributed by atoms with E-state index in [2.05, 4.69) is 17.2 Å². The number of nitrogens with one attached hydrogen (secondary N) is 1. The van der Waals surface area contributed by atoms with Gasteiger partial charge in [0.1, 0.15) is 5.65 Å². The van der Waals surface area contributed by atoms with Gasteiger partial charge in [0.05, 0.1) is 17.3 Å². The molecule has 2 aromatic rings. The standard InChI is InChI=1S/C13H14ClN3O/c1-8-4-11(8)13(18)15-5-10-7-17-6-9(14)2-3-12(17)16-10/h2-3,6-8,11H,4-5H2,1H3,(H,15,18)/t8-,11+/m0/s1. The maximum absolute atomic E-state index is 11.7. The van der Waals surface area contributed by atoms with Gasteiger partial charge >= 0.3 is 0 Å². The van der Waals surface area contributed by atoms with Crippen LogP contribution in [0.3, 0.4) is 0 Å². The lowest BCUT2D eigenvalue weighted by atomic mass is 10.3. The number of halogens is 1. The van der Waals surface area contributed by atoms with Crippen molar-refractivity contribution >= 4 is 23.2 Å². The van der Waals surface area contributed by atoms with Crippen LogP contribution in [0.5, 0.6) is 0 Å². The molecule has 1 N–H and O–H groups in total. The Bertz CT molecular complexity index is 607. The van der Waals surface area contributed by atoms with E-state index in [-0.39, 0.29) is 11.8 Å². The largest absolute Gasteiger partial charge is 0.350 e. The fourth-order valence-corrected chi connectivity index (χ4v) is 2.27. The molecule has 1 fully saturated rings. The molecule has 4 nitrogen and oxygen atoms in total. The number of carbonyl (C=O) groups is 1. The Morgan fingerprint density at radius 2 is 2.33 bits per heavy atom. The van der Waals surface area contributed by atoms with Crippen molar-refractivity contribution in [2.45, 2.75) is 19.9 Å². The van der Waals surface area contributed by atoms with E-state index in [0.29, 0.717) is 17.5 Å². The monoisotopic (exact) mass is 263 g/mol. The van der Waals surface area contributed by atoms with E-state index in [9.17, 15) is 4.79 Å². The highest BCUT2D eigenvalue weighted by Crippen LogP contribution is 2.37. The van der Waals surface area contributed by atoms with Gasteiger partial charge in [-0.25, -0.2) is 4.98 Å². The van der Waals surface area contributed by atoms with Gasteiger partial charge in [-0.05, 0) is 24.5 Å². The van der Waals surface area contributed by atoms with Gasteiger partial charge < -0.3 is 9.72 Å². The van der Waals surface area contributed by atoms with E-state index < -0.39 is 0 Å². The van der Waals surface area contributed by atoms with Crippen molar-refractivity contribution in [3.05, 3.63) is 35.2 Å².